The van der Waals surface area contributed by atoms with Crippen LogP contribution in [0.1, 0.15) is 25.7 Å². The van der Waals surface area contributed by atoms with E-state index in [1.807, 2.05) is 0 Å². The van der Waals surface area contributed by atoms with Crippen LogP contribution in [-0.2, 0) is 14.6 Å². The van der Waals surface area contributed by atoms with Crippen molar-refractivity contribution in [2.45, 2.75) is 25.7 Å². The van der Waals surface area contributed by atoms with Crippen LogP contribution in [0.15, 0.2) is 0 Å². The lowest BCUT2D eigenvalue weighted by molar-refractivity contribution is -0.121. The van der Waals surface area contributed by atoms with E-state index in [2.05, 4.69) is 5.32 Å². The van der Waals surface area contributed by atoms with Gasteiger partial charge >= 0.3 is 0 Å². The highest BCUT2D eigenvalue weighted by Gasteiger charge is 2.27. The van der Waals surface area contributed by atoms with E-state index in [9.17, 15) is 13.2 Å². The van der Waals surface area contributed by atoms with Crippen molar-refractivity contribution in [3.63, 3.8) is 0 Å². The summed E-state index contributed by atoms with van der Waals surface area (Å²) in [5.74, 6) is 0.581. The molecule has 0 spiro atoms. The molecule has 1 saturated heterocycles. The van der Waals surface area contributed by atoms with Gasteiger partial charge in [0.15, 0.2) is 9.84 Å². The highest BCUT2D eigenvalue weighted by molar-refractivity contribution is 7.91. The molecule has 1 fully saturated rings. The third-order valence-electron chi connectivity index (χ3n) is 2.77. The van der Waals surface area contributed by atoms with E-state index in [1.165, 1.54) is 0 Å². The summed E-state index contributed by atoms with van der Waals surface area (Å²) in [5.41, 5.74) is 5.32. The van der Waals surface area contributed by atoms with Crippen molar-refractivity contribution in [3.8, 4) is 0 Å². The molecule has 0 radical (unpaired) electrons. The Morgan fingerprint density at radius 2 is 2.12 bits per heavy atom. The molecule has 1 atom stereocenters. The summed E-state index contributed by atoms with van der Waals surface area (Å²) in [6, 6.07) is 0. The minimum absolute atomic E-state index is 0.00209. The van der Waals surface area contributed by atoms with Gasteiger partial charge in [-0.05, 0) is 31.7 Å². The summed E-state index contributed by atoms with van der Waals surface area (Å²) in [5, 5.41) is 2.78. The second-order valence-electron chi connectivity index (χ2n) is 4.32. The van der Waals surface area contributed by atoms with Gasteiger partial charge in [0.25, 0.3) is 0 Å². The third-order valence-corrected chi connectivity index (χ3v) is 4.61. The van der Waals surface area contributed by atoms with Gasteiger partial charge < -0.3 is 11.1 Å². The zero-order valence-corrected chi connectivity index (χ0v) is 10.3. The van der Waals surface area contributed by atoms with Gasteiger partial charge in [0.05, 0.1) is 11.5 Å². The SMILES string of the molecule is NCCCCC(=O)NCC1CCS(=O)(=O)C1. The summed E-state index contributed by atoms with van der Waals surface area (Å²) in [7, 11) is -2.83. The molecular formula is C10H20N2O3S. The number of unbranched alkanes of at least 4 members (excludes halogenated alkanes) is 1. The summed E-state index contributed by atoms with van der Waals surface area (Å²) >= 11 is 0. The van der Waals surface area contributed by atoms with Crippen LogP contribution >= 0.6 is 0 Å². The summed E-state index contributed by atoms with van der Waals surface area (Å²) in [4.78, 5) is 11.3. The molecule has 16 heavy (non-hydrogen) atoms. The molecule has 0 aromatic heterocycles. The number of nitrogens with one attached hydrogen (secondary N) is 1. The average Bonchev–Trinajstić information content (AvgIpc) is 2.56. The molecule has 1 amide bonds. The molecule has 6 heteroatoms. The van der Waals surface area contributed by atoms with Crippen LogP contribution < -0.4 is 11.1 Å². The summed E-state index contributed by atoms with van der Waals surface area (Å²) in [6.07, 6.45) is 2.80. The normalized spacial score (nSPS) is 23.2. The smallest absolute Gasteiger partial charge is 0.220 e. The van der Waals surface area contributed by atoms with Crippen LogP contribution in [0, 0.1) is 5.92 Å². The number of hydrogen-bond donors (Lipinski definition) is 2. The predicted molar refractivity (Wildman–Crippen MR) is 62.7 cm³/mol. The largest absolute Gasteiger partial charge is 0.356 e. The maximum atomic E-state index is 11.3. The molecule has 5 nitrogen and oxygen atoms in total. The lowest BCUT2D eigenvalue weighted by Crippen LogP contribution is -2.29. The van der Waals surface area contributed by atoms with E-state index >= 15 is 0 Å². The van der Waals surface area contributed by atoms with Crippen molar-refractivity contribution in [1.82, 2.24) is 5.32 Å². The number of carbonyl (C=O) groups excluding carboxylic acids is 1. The zero-order valence-electron chi connectivity index (χ0n) is 9.44. The van der Waals surface area contributed by atoms with Crippen molar-refractivity contribution in [1.29, 1.82) is 0 Å². The molecular weight excluding hydrogens is 228 g/mol. The van der Waals surface area contributed by atoms with Gasteiger partial charge in [-0.25, -0.2) is 8.42 Å². The third kappa shape index (κ3) is 4.94. The maximum absolute atomic E-state index is 11.3. The predicted octanol–water partition coefficient (Wildman–Crippen LogP) is -0.334. The Kier molecular flexibility index (Phi) is 5.21. The van der Waals surface area contributed by atoms with Crippen LogP contribution in [0.3, 0.4) is 0 Å². The van der Waals surface area contributed by atoms with E-state index in [4.69, 9.17) is 5.73 Å². The molecule has 0 aromatic carbocycles. The first-order valence-electron chi connectivity index (χ1n) is 5.70. The Balaban J connectivity index is 2.13. The Morgan fingerprint density at radius 1 is 1.38 bits per heavy atom. The minimum Gasteiger partial charge on any atom is -0.356 e. The lowest BCUT2D eigenvalue weighted by atomic mass is 10.1. The molecule has 0 bridgehead atoms. The minimum atomic E-state index is -2.83. The lowest BCUT2D eigenvalue weighted by Gasteiger charge is -2.09. The second-order valence-corrected chi connectivity index (χ2v) is 6.55. The molecule has 94 valence electrons. The zero-order chi connectivity index (χ0) is 12.0. The van der Waals surface area contributed by atoms with E-state index < -0.39 is 9.84 Å². The van der Waals surface area contributed by atoms with Crippen molar-refractivity contribution in [3.05, 3.63) is 0 Å². The van der Waals surface area contributed by atoms with Crippen LogP contribution in [-0.4, -0.2) is 38.9 Å². The first-order valence-corrected chi connectivity index (χ1v) is 7.53. The molecule has 1 unspecified atom stereocenters. The first kappa shape index (κ1) is 13.4. The van der Waals surface area contributed by atoms with Gasteiger partial charge in [-0.1, -0.05) is 0 Å². The van der Waals surface area contributed by atoms with Crippen LogP contribution in [0.5, 0.6) is 0 Å². The molecule has 1 aliphatic rings. The topological polar surface area (TPSA) is 89.3 Å². The van der Waals surface area contributed by atoms with Crippen molar-refractivity contribution >= 4 is 15.7 Å². The van der Waals surface area contributed by atoms with E-state index in [0.29, 0.717) is 25.9 Å². The van der Waals surface area contributed by atoms with Crippen molar-refractivity contribution in [2.24, 2.45) is 11.7 Å². The Bertz CT molecular complexity index is 327. The Labute approximate surface area is 96.7 Å². The number of sulfone groups is 1. The second kappa shape index (κ2) is 6.20. The fraction of sp³-hybridized carbons (Fsp3) is 0.900. The van der Waals surface area contributed by atoms with E-state index in [0.717, 1.165) is 12.8 Å². The number of amides is 1. The number of nitrogens with two attached hydrogens (primary N) is 1. The molecule has 1 aliphatic heterocycles. The molecule has 1 rings (SSSR count). The number of hydrogen-bond acceptors (Lipinski definition) is 4. The monoisotopic (exact) mass is 248 g/mol. The average molecular weight is 248 g/mol. The molecule has 0 aromatic rings. The van der Waals surface area contributed by atoms with Crippen LogP contribution in [0.4, 0.5) is 0 Å². The fourth-order valence-electron chi connectivity index (χ4n) is 1.81. The highest BCUT2D eigenvalue weighted by Crippen LogP contribution is 2.17. The van der Waals surface area contributed by atoms with Gasteiger partial charge in [-0.2, -0.15) is 0 Å². The highest BCUT2D eigenvalue weighted by atomic mass is 32.2. The number of carbonyl (C=O) groups is 1. The Hall–Kier alpha value is -0.620. The van der Waals surface area contributed by atoms with Gasteiger partial charge in [0.2, 0.25) is 5.91 Å². The first-order chi connectivity index (χ1) is 7.53. The maximum Gasteiger partial charge on any atom is 0.220 e. The fourth-order valence-corrected chi connectivity index (χ4v) is 3.67. The molecule has 1 heterocycles. The molecule has 3 N–H and O–H groups in total. The summed E-state index contributed by atoms with van der Waals surface area (Å²) < 4.78 is 22.3. The summed E-state index contributed by atoms with van der Waals surface area (Å²) in [6.45, 7) is 1.09. The van der Waals surface area contributed by atoms with Gasteiger partial charge in [0, 0.05) is 13.0 Å². The van der Waals surface area contributed by atoms with E-state index in [-0.39, 0.29) is 23.3 Å². The van der Waals surface area contributed by atoms with Gasteiger partial charge in [-0.3, -0.25) is 4.79 Å². The van der Waals surface area contributed by atoms with Gasteiger partial charge in [-0.15, -0.1) is 0 Å². The molecule has 0 aliphatic carbocycles. The molecule has 0 saturated carbocycles. The van der Waals surface area contributed by atoms with E-state index in [1.54, 1.807) is 0 Å². The quantitative estimate of drug-likeness (QED) is 0.630. The van der Waals surface area contributed by atoms with Crippen LogP contribution in [0.25, 0.3) is 0 Å². The van der Waals surface area contributed by atoms with Crippen molar-refractivity contribution < 1.29 is 13.2 Å². The number of rotatable bonds is 6. The van der Waals surface area contributed by atoms with Gasteiger partial charge in [0.1, 0.15) is 0 Å². The Morgan fingerprint density at radius 3 is 2.69 bits per heavy atom. The standard InChI is InChI=1S/C10H20N2O3S/c11-5-2-1-3-10(13)12-7-9-4-6-16(14,15)8-9/h9H,1-8,11H2,(H,12,13). The van der Waals surface area contributed by atoms with Crippen LogP contribution in [0.2, 0.25) is 0 Å². The van der Waals surface area contributed by atoms with Crippen molar-refractivity contribution in [2.75, 3.05) is 24.6 Å².